The summed E-state index contributed by atoms with van der Waals surface area (Å²) in [7, 11) is -3.39. The lowest BCUT2D eigenvalue weighted by Crippen LogP contribution is -2.37. The first-order valence-electron chi connectivity index (χ1n) is 11.9. The quantitative estimate of drug-likeness (QED) is 0.214. The molecule has 6 rings (SSSR count). The van der Waals surface area contributed by atoms with E-state index in [1.165, 1.54) is 0 Å². The predicted octanol–water partition coefficient (Wildman–Crippen LogP) is 8.66. The van der Waals surface area contributed by atoms with Gasteiger partial charge in [-0.15, -0.1) is 0 Å². The second-order valence-electron chi connectivity index (χ2n) is 8.82. The minimum Gasteiger partial charge on any atom is -0.289 e. The van der Waals surface area contributed by atoms with E-state index in [1.54, 1.807) is 0 Å². The zero-order valence-electron chi connectivity index (χ0n) is 19.8. The van der Waals surface area contributed by atoms with Crippen LogP contribution < -0.4 is 15.3 Å². The summed E-state index contributed by atoms with van der Waals surface area (Å²) < 4.78 is 17.8. The minimum atomic E-state index is -3.39. The van der Waals surface area contributed by atoms with Crippen LogP contribution in [0.2, 0.25) is 10.0 Å². The average Bonchev–Trinajstić information content (AvgIpc) is 2.94. The van der Waals surface area contributed by atoms with Gasteiger partial charge in [0.2, 0.25) is 7.29 Å². The topological polar surface area (TPSA) is 20.3 Å². The molecule has 0 saturated carbocycles. The van der Waals surface area contributed by atoms with Gasteiger partial charge >= 0.3 is 0 Å². The van der Waals surface area contributed by atoms with E-state index >= 15 is 4.57 Å². The highest BCUT2D eigenvalue weighted by Gasteiger charge is 2.44. The van der Waals surface area contributed by atoms with Gasteiger partial charge < -0.3 is 0 Å². The van der Waals surface area contributed by atoms with E-state index in [0.29, 0.717) is 10.0 Å². The number of anilines is 1. The molecule has 0 fully saturated rings. The maximum absolute atomic E-state index is 15.7. The molecule has 0 aliphatic carbocycles. The molecule has 1 unspecified atom stereocenters. The van der Waals surface area contributed by atoms with Crippen LogP contribution in [0.4, 0.5) is 5.69 Å². The fourth-order valence-corrected chi connectivity index (χ4v) is 8.45. The Hall–Kier alpha value is -3.55. The molecule has 5 heteroatoms. The molecule has 180 valence electrons. The Morgan fingerprint density at radius 3 is 1.81 bits per heavy atom. The van der Waals surface area contributed by atoms with Crippen LogP contribution in [0, 0.1) is 0 Å². The molecule has 37 heavy (non-hydrogen) atoms. The first-order valence-corrected chi connectivity index (χ1v) is 14.4. The maximum atomic E-state index is 15.7. The van der Waals surface area contributed by atoms with Crippen molar-refractivity contribution in [2.24, 2.45) is 0 Å². The van der Waals surface area contributed by atoms with Crippen molar-refractivity contribution in [1.82, 2.24) is 0 Å². The SMILES string of the molecule is O=P1(c2ccccc2)c2ccccc2C(c2cccc(Cl)c2)=C(c2cccc(Cl)c2)N1c1ccccc1. The Morgan fingerprint density at radius 2 is 1.14 bits per heavy atom. The molecule has 1 aliphatic heterocycles. The van der Waals surface area contributed by atoms with Gasteiger partial charge in [0.25, 0.3) is 0 Å². The molecule has 0 spiro atoms. The highest BCUT2D eigenvalue weighted by Crippen LogP contribution is 2.60. The second kappa shape index (κ2) is 9.72. The van der Waals surface area contributed by atoms with E-state index in [-0.39, 0.29) is 0 Å². The Balaban J connectivity index is 1.82. The van der Waals surface area contributed by atoms with Gasteiger partial charge in [-0.25, -0.2) is 0 Å². The minimum absolute atomic E-state index is 0.608. The number of halogens is 2. The molecule has 0 amide bonds. The number of hydrogen-bond donors (Lipinski definition) is 0. The van der Waals surface area contributed by atoms with Crippen molar-refractivity contribution >= 4 is 58.1 Å². The van der Waals surface area contributed by atoms with Gasteiger partial charge in [0, 0.05) is 37.5 Å². The van der Waals surface area contributed by atoms with Crippen LogP contribution in [-0.2, 0) is 4.57 Å². The van der Waals surface area contributed by atoms with Crippen LogP contribution in [0.5, 0.6) is 0 Å². The Bertz CT molecular complexity index is 1680. The van der Waals surface area contributed by atoms with E-state index in [9.17, 15) is 0 Å². The lowest BCUT2D eigenvalue weighted by atomic mass is 9.92. The molecule has 1 aliphatic rings. The number of para-hydroxylation sites is 1. The predicted molar refractivity (Wildman–Crippen MR) is 157 cm³/mol. The third-order valence-electron chi connectivity index (χ3n) is 6.55. The zero-order valence-corrected chi connectivity index (χ0v) is 22.2. The van der Waals surface area contributed by atoms with Crippen LogP contribution in [0.15, 0.2) is 133 Å². The summed E-state index contributed by atoms with van der Waals surface area (Å²) in [5.41, 5.74) is 5.33. The summed E-state index contributed by atoms with van der Waals surface area (Å²) in [5.74, 6) is 0. The Kier molecular flexibility index (Phi) is 6.26. The largest absolute Gasteiger partial charge is 0.289 e. The van der Waals surface area contributed by atoms with Crippen LogP contribution in [0.25, 0.3) is 11.3 Å². The molecule has 0 aromatic heterocycles. The first-order chi connectivity index (χ1) is 18.1. The summed E-state index contributed by atoms with van der Waals surface area (Å²) in [4.78, 5) is 0. The molecule has 1 atom stereocenters. The molecule has 1 heterocycles. The summed E-state index contributed by atoms with van der Waals surface area (Å²) in [6.07, 6.45) is 0. The average molecular weight is 538 g/mol. The van der Waals surface area contributed by atoms with Gasteiger partial charge in [0.15, 0.2) is 0 Å². The van der Waals surface area contributed by atoms with Crippen LogP contribution in [-0.4, -0.2) is 0 Å². The number of nitrogens with zero attached hydrogens (tertiary/aromatic N) is 1. The van der Waals surface area contributed by atoms with Gasteiger partial charge in [-0.05, 0) is 65.7 Å². The highest BCUT2D eigenvalue weighted by molar-refractivity contribution is 7.80. The third kappa shape index (κ3) is 4.12. The summed E-state index contributed by atoms with van der Waals surface area (Å²) in [6, 6.07) is 43.2. The molecule has 0 saturated heterocycles. The number of benzene rings is 5. The normalized spacial score (nSPS) is 17.0. The molecular weight excluding hydrogens is 516 g/mol. The molecular formula is C32H22Cl2NOP. The lowest BCUT2D eigenvalue weighted by molar-refractivity contribution is 0.587. The van der Waals surface area contributed by atoms with Crippen LogP contribution >= 0.6 is 30.5 Å². The van der Waals surface area contributed by atoms with Gasteiger partial charge in [0.05, 0.1) is 5.70 Å². The monoisotopic (exact) mass is 537 g/mol. The number of hydrogen-bond acceptors (Lipinski definition) is 1. The van der Waals surface area contributed by atoms with Crippen LogP contribution in [0.1, 0.15) is 16.7 Å². The molecule has 0 N–H and O–H groups in total. The van der Waals surface area contributed by atoms with Crippen molar-refractivity contribution < 1.29 is 4.57 Å². The van der Waals surface area contributed by atoms with Crippen LogP contribution in [0.3, 0.4) is 0 Å². The third-order valence-corrected chi connectivity index (χ3v) is 10.1. The standard InChI is InChI=1S/C32H22Cl2NOP/c33-25-13-9-11-23(21-25)31-29-19-7-8-20-30(29)37(36,28-17-5-2-6-18-28)35(27-15-3-1-4-16-27)32(31)24-12-10-14-26(34)22-24/h1-22H. The molecule has 5 aromatic carbocycles. The van der Waals surface area contributed by atoms with Crippen molar-refractivity contribution in [1.29, 1.82) is 0 Å². The van der Waals surface area contributed by atoms with Crippen molar-refractivity contribution in [3.8, 4) is 0 Å². The van der Waals surface area contributed by atoms with Gasteiger partial charge in [0.1, 0.15) is 0 Å². The van der Waals surface area contributed by atoms with Gasteiger partial charge in [-0.3, -0.25) is 9.24 Å². The fourth-order valence-electron chi connectivity index (χ4n) is 5.02. The summed E-state index contributed by atoms with van der Waals surface area (Å²) in [6.45, 7) is 0. The lowest BCUT2D eigenvalue weighted by Gasteiger charge is -2.42. The summed E-state index contributed by atoms with van der Waals surface area (Å²) in [5, 5.41) is 2.79. The Labute approximate surface area is 226 Å². The second-order valence-corrected chi connectivity index (χ2v) is 12.2. The molecule has 5 aromatic rings. The van der Waals surface area contributed by atoms with Crippen molar-refractivity contribution in [3.05, 3.63) is 160 Å². The molecule has 2 nitrogen and oxygen atoms in total. The van der Waals surface area contributed by atoms with E-state index in [4.69, 9.17) is 23.2 Å². The van der Waals surface area contributed by atoms with Gasteiger partial charge in [-0.2, -0.15) is 0 Å². The van der Waals surface area contributed by atoms with E-state index in [1.807, 2.05) is 138 Å². The highest BCUT2D eigenvalue weighted by atomic mass is 35.5. The molecule has 0 radical (unpaired) electrons. The summed E-state index contributed by atoms with van der Waals surface area (Å²) >= 11 is 13.0. The van der Waals surface area contributed by atoms with Crippen molar-refractivity contribution in [2.75, 3.05) is 4.67 Å². The number of rotatable bonds is 4. The van der Waals surface area contributed by atoms with E-state index < -0.39 is 7.29 Å². The van der Waals surface area contributed by atoms with Crippen molar-refractivity contribution in [3.63, 3.8) is 0 Å². The van der Waals surface area contributed by atoms with Gasteiger partial charge in [-0.1, -0.05) is 102 Å². The Morgan fingerprint density at radius 1 is 0.568 bits per heavy atom. The number of fused-ring (bicyclic) bond motifs is 1. The fraction of sp³-hybridized carbons (Fsp3) is 0. The first kappa shape index (κ1) is 23.8. The van der Waals surface area contributed by atoms with E-state index in [2.05, 4.69) is 0 Å². The van der Waals surface area contributed by atoms with E-state index in [0.717, 1.165) is 44.3 Å². The molecule has 0 bridgehead atoms. The zero-order chi connectivity index (χ0) is 25.4. The maximum Gasteiger partial charge on any atom is 0.234 e. The van der Waals surface area contributed by atoms with Crippen molar-refractivity contribution in [2.45, 2.75) is 0 Å². The smallest absolute Gasteiger partial charge is 0.234 e.